The smallest absolute Gasteiger partial charge is 0.277 e. The van der Waals surface area contributed by atoms with Gasteiger partial charge in [0, 0.05) is 11.4 Å². The Kier molecular flexibility index (Phi) is 7.17. The zero-order valence-electron chi connectivity index (χ0n) is 17.1. The lowest BCUT2D eigenvalue weighted by molar-refractivity contribution is -0.119. The monoisotopic (exact) mass is 491 g/mol. The molecule has 168 valence electrons. The van der Waals surface area contributed by atoms with Gasteiger partial charge < -0.3 is 9.73 Å². The Labute approximate surface area is 195 Å². The minimum Gasteiger partial charge on any atom is -0.416 e. The van der Waals surface area contributed by atoms with E-state index in [9.17, 15) is 13.2 Å². The van der Waals surface area contributed by atoms with E-state index < -0.39 is 9.84 Å². The number of nitrogens with one attached hydrogen (secondary N) is 1. The number of hydrogen-bond acceptors (Lipinski definition) is 7. The maximum Gasteiger partial charge on any atom is 0.277 e. The Morgan fingerprint density at radius 3 is 2.53 bits per heavy atom. The summed E-state index contributed by atoms with van der Waals surface area (Å²) < 4.78 is 28.8. The quantitative estimate of drug-likeness (QED) is 0.479. The lowest BCUT2D eigenvalue weighted by Crippen LogP contribution is -2.30. The van der Waals surface area contributed by atoms with Crippen LogP contribution in [-0.4, -0.2) is 41.8 Å². The maximum atomic E-state index is 12.7. The first-order chi connectivity index (χ1) is 15.4. The summed E-state index contributed by atoms with van der Waals surface area (Å²) in [5.41, 5.74) is 1.88. The number of carbonyl (C=O) groups is 1. The van der Waals surface area contributed by atoms with Crippen LogP contribution in [0.25, 0.3) is 0 Å². The highest BCUT2D eigenvalue weighted by atomic mass is 35.5. The fourth-order valence-electron chi connectivity index (χ4n) is 3.65. The van der Waals surface area contributed by atoms with Crippen LogP contribution in [-0.2, 0) is 21.1 Å². The highest BCUT2D eigenvalue weighted by Gasteiger charge is 2.29. The third-order valence-corrected chi connectivity index (χ3v) is 8.11. The van der Waals surface area contributed by atoms with Gasteiger partial charge in [-0.1, -0.05) is 65.8 Å². The standard InChI is InChI=1S/C22H22ClN3O4S2/c23-18-8-6-17(7-9-18)21(16-4-2-1-3-5-16)24-19(27)13-31-22-26-25-20(30-22)12-15-10-11-32(28,29)14-15/h1-9,15,21H,10-14H2,(H,24,27). The molecule has 1 aromatic heterocycles. The molecule has 0 aliphatic carbocycles. The van der Waals surface area contributed by atoms with Gasteiger partial charge in [-0.05, 0) is 35.6 Å². The first kappa shape index (κ1) is 22.8. The summed E-state index contributed by atoms with van der Waals surface area (Å²) in [5, 5.41) is 11.9. The summed E-state index contributed by atoms with van der Waals surface area (Å²) in [6.07, 6.45) is 1.05. The zero-order valence-corrected chi connectivity index (χ0v) is 19.5. The van der Waals surface area contributed by atoms with Crippen molar-refractivity contribution >= 4 is 39.1 Å². The number of aromatic nitrogens is 2. The number of rotatable bonds is 8. The number of thioether (sulfide) groups is 1. The number of amides is 1. The fraction of sp³-hybridized carbons (Fsp3) is 0.318. The Hall–Kier alpha value is -2.36. The Bertz CT molecular complexity index is 1170. The molecule has 2 aromatic carbocycles. The fourth-order valence-corrected chi connectivity index (χ4v) is 6.23. The predicted molar refractivity (Wildman–Crippen MR) is 123 cm³/mol. The van der Waals surface area contributed by atoms with Gasteiger partial charge >= 0.3 is 0 Å². The van der Waals surface area contributed by atoms with Crippen molar-refractivity contribution in [3.63, 3.8) is 0 Å². The van der Waals surface area contributed by atoms with Crippen LogP contribution < -0.4 is 5.32 Å². The third kappa shape index (κ3) is 6.11. The topological polar surface area (TPSA) is 102 Å². The molecule has 0 bridgehead atoms. The Morgan fingerprint density at radius 2 is 1.84 bits per heavy atom. The number of hydrogen-bond donors (Lipinski definition) is 1. The van der Waals surface area contributed by atoms with E-state index in [2.05, 4.69) is 15.5 Å². The van der Waals surface area contributed by atoms with Gasteiger partial charge in [0.2, 0.25) is 11.8 Å². The van der Waals surface area contributed by atoms with Crippen LogP contribution in [0.4, 0.5) is 0 Å². The summed E-state index contributed by atoms with van der Waals surface area (Å²) in [6.45, 7) is 0. The van der Waals surface area contributed by atoms with E-state index in [0.29, 0.717) is 29.0 Å². The molecular formula is C22H22ClN3O4S2. The first-order valence-corrected chi connectivity index (χ1v) is 13.3. The second-order valence-electron chi connectivity index (χ2n) is 7.69. The highest BCUT2D eigenvalue weighted by molar-refractivity contribution is 7.99. The second kappa shape index (κ2) is 10.1. The van der Waals surface area contributed by atoms with Crippen LogP contribution in [0, 0.1) is 5.92 Å². The number of nitrogens with zero attached hydrogens (tertiary/aromatic N) is 2. The Morgan fingerprint density at radius 1 is 1.12 bits per heavy atom. The molecule has 0 saturated carbocycles. The molecule has 1 N–H and O–H groups in total. The normalized spacial score (nSPS) is 18.3. The summed E-state index contributed by atoms with van der Waals surface area (Å²) >= 11 is 7.16. The lowest BCUT2D eigenvalue weighted by Gasteiger charge is -2.19. The SMILES string of the molecule is O=C(CSc1nnc(CC2CCS(=O)(=O)C2)o1)NC(c1ccccc1)c1ccc(Cl)cc1. The van der Waals surface area contributed by atoms with Crippen molar-refractivity contribution in [2.45, 2.75) is 24.1 Å². The predicted octanol–water partition coefficient (Wildman–Crippen LogP) is 3.70. The molecule has 0 radical (unpaired) electrons. The van der Waals surface area contributed by atoms with Gasteiger partial charge in [0.15, 0.2) is 9.84 Å². The van der Waals surface area contributed by atoms with Crippen LogP contribution in [0.3, 0.4) is 0 Å². The largest absolute Gasteiger partial charge is 0.416 e. The van der Waals surface area contributed by atoms with Crippen molar-refractivity contribution in [3.05, 3.63) is 76.6 Å². The van der Waals surface area contributed by atoms with Gasteiger partial charge in [-0.15, -0.1) is 10.2 Å². The number of halogens is 1. The van der Waals surface area contributed by atoms with Crippen LogP contribution in [0.2, 0.25) is 5.02 Å². The van der Waals surface area contributed by atoms with Crippen molar-refractivity contribution in [1.29, 1.82) is 0 Å². The van der Waals surface area contributed by atoms with Crippen LogP contribution in [0.15, 0.2) is 64.2 Å². The average Bonchev–Trinajstić information content (AvgIpc) is 3.37. The number of sulfone groups is 1. The Balaban J connectivity index is 1.36. The molecule has 2 atom stereocenters. The maximum absolute atomic E-state index is 12.7. The molecule has 1 amide bonds. The molecule has 1 fully saturated rings. The van der Waals surface area contributed by atoms with E-state index >= 15 is 0 Å². The van der Waals surface area contributed by atoms with Crippen molar-refractivity contribution in [1.82, 2.24) is 15.5 Å². The van der Waals surface area contributed by atoms with Crippen LogP contribution in [0.1, 0.15) is 29.5 Å². The number of carbonyl (C=O) groups excluding carboxylic acids is 1. The molecule has 10 heteroatoms. The summed E-state index contributed by atoms with van der Waals surface area (Å²) in [6, 6.07) is 16.7. The molecule has 2 heterocycles. The number of benzene rings is 2. The molecular weight excluding hydrogens is 470 g/mol. The van der Waals surface area contributed by atoms with Gasteiger partial charge in [0.25, 0.3) is 5.22 Å². The van der Waals surface area contributed by atoms with E-state index in [0.717, 1.165) is 22.9 Å². The van der Waals surface area contributed by atoms with Crippen molar-refractivity contribution < 1.29 is 17.6 Å². The van der Waals surface area contributed by atoms with Gasteiger partial charge in [-0.25, -0.2) is 8.42 Å². The molecule has 2 unspecified atom stereocenters. The minimum atomic E-state index is -2.95. The third-order valence-electron chi connectivity index (χ3n) is 5.21. The summed E-state index contributed by atoms with van der Waals surface area (Å²) in [5.74, 6) is 0.706. The van der Waals surface area contributed by atoms with Gasteiger partial charge in [0.05, 0.1) is 23.3 Å². The van der Waals surface area contributed by atoms with Gasteiger partial charge in [-0.3, -0.25) is 4.79 Å². The van der Waals surface area contributed by atoms with E-state index in [-0.39, 0.29) is 35.1 Å². The van der Waals surface area contributed by atoms with E-state index in [1.54, 1.807) is 12.1 Å². The van der Waals surface area contributed by atoms with Crippen molar-refractivity contribution in [2.75, 3.05) is 17.3 Å². The van der Waals surface area contributed by atoms with Crippen LogP contribution >= 0.6 is 23.4 Å². The van der Waals surface area contributed by atoms with Gasteiger partial charge in [0.1, 0.15) is 0 Å². The molecule has 32 heavy (non-hydrogen) atoms. The molecule has 4 rings (SSSR count). The molecule has 1 aliphatic heterocycles. The zero-order chi connectivity index (χ0) is 22.6. The first-order valence-electron chi connectivity index (χ1n) is 10.1. The molecule has 7 nitrogen and oxygen atoms in total. The van der Waals surface area contributed by atoms with Crippen molar-refractivity contribution in [3.8, 4) is 0 Å². The average molecular weight is 492 g/mol. The highest BCUT2D eigenvalue weighted by Crippen LogP contribution is 2.26. The van der Waals surface area contributed by atoms with Gasteiger partial charge in [-0.2, -0.15) is 0 Å². The molecule has 1 saturated heterocycles. The second-order valence-corrected chi connectivity index (χ2v) is 11.3. The summed E-state index contributed by atoms with van der Waals surface area (Å²) in [4.78, 5) is 12.7. The summed E-state index contributed by atoms with van der Waals surface area (Å²) in [7, 11) is -2.95. The lowest BCUT2D eigenvalue weighted by atomic mass is 9.99. The van der Waals surface area contributed by atoms with Crippen molar-refractivity contribution in [2.24, 2.45) is 5.92 Å². The van der Waals surface area contributed by atoms with E-state index in [1.165, 1.54) is 0 Å². The minimum absolute atomic E-state index is 0.00704. The molecule has 0 spiro atoms. The van der Waals surface area contributed by atoms with E-state index in [1.807, 2.05) is 42.5 Å². The molecule has 3 aromatic rings. The van der Waals surface area contributed by atoms with Crippen LogP contribution in [0.5, 0.6) is 0 Å². The van der Waals surface area contributed by atoms with E-state index in [4.69, 9.17) is 16.0 Å². The molecule has 1 aliphatic rings.